The van der Waals surface area contributed by atoms with Gasteiger partial charge >= 0.3 is 0 Å². The van der Waals surface area contributed by atoms with Gasteiger partial charge in [0.15, 0.2) is 0 Å². The molecule has 11 heteroatoms. The van der Waals surface area contributed by atoms with Gasteiger partial charge in [0, 0.05) is 47.7 Å². The summed E-state index contributed by atoms with van der Waals surface area (Å²) in [6.07, 6.45) is 0.937. The number of aliphatic hydroxyl groups is 1. The molecule has 200 valence electrons. The zero-order valence-electron chi connectivity index (χ0n) is 21.3. The predicted octanol–water partition coefficient (Wildman–Crippen LogP) is 2.91. The van der Waals surface area contributed by atoms with Crippen molar-refractivity contribution in [3.8, 4) is 5.75 Å². The molecule has 5 rings (SSSR count). The van der Waals surface area contributed by atoms with Crippen LogP contribution >= 0.6 is 0 Å². The van der Waals surface area contributed by atoms with E-state index in [0.717, 1.165) is 22.0 Å². The number of nitrogens with zero attached hydrogens (tertiary/aromatic N) is 2. The Bertz CT molecular complexity index is 1520. The summed E-state index contributed by atoms with van der Waals surface area (Å²) in [4.78, 5) is 3.57. The van der Waals surface area contributed by atoms with E-state index in [2.05, 4.69) is 4.98 Å². The Morgan fingerprint density at radius 2 is 1.76 bits per heavy atom. The lowest BCUT2D eigenvalue weighted by Gasteiger charge is -2.49. The number of methoxy groups -OCH3 is 1. The highest BCUT2D eigenvalue weighted by molar-refractivity contribution is 7.89. The minimum Gasteiger partial charge on any atom is -0.497 e. The summed E-state index contributed by atoms with van der Waals surface area (Å²) in [5, 5.41) is 11.5. The zero-order chi connectivity index (χ0) is 26.6. The molecule has 9 nitrogen and oxygen atoms in total. The summed E-state index contributed by atoms with van der Waals surface area (Å²) >= 11 is 0. The van der Waals surface area contributed by atoms with E-state index in [1.54, 1.807) is 38.3 Å². The smallest absolute Gasteiger partial charge is 0.243 e. The Labute approximate surface area is 218 Å². The van der Waals surface area contributed by atoms with E-state index in [9.17, 15) is 21.9 Å². The van der Waals surface area contributed by atoms with Gasteiger partial charge < -0.3 is 14.8 Å². The van der Waals surface area contributed by atoms with Gasteiger partial charge in [-0.25, -0.2) is 21.1 Å². The number of hydrogen-bond acceptors (Lipinski definition) is 6. The van der Waals surface area contributed by atoms with Crippen LogP contribution in [0.25, 0.3) is 10.9 Å². The van der Waals surface area contributed by atoms with Gasteiger partial charge in [0.2, 0.25) is 20.0 Å². The van der Waals surface area contributed by atoms with Crippen LogP contribution in [0.2, 0.25) is 0 Å². The Morgan fingerprint density at radius 1 is 1.08 bits per heavy atom. The number of ether oxygens (including phenoxy) is 1. The Hall–Kier alpha value is -2.44. The Kier molecular flexibility index (Phi) is 6.64. The molecular formula is C26H33N3O6S2. The molecule has 0 unspecified atom stereocenters. The maximum absolute atomic E-state index is 14.0. The first-order chi connectivity index (χ1) is 17.6. The van der Waals surface area contributed by atoms with E-state index in [-0.39, 0.29) is 17.2 Å². The van der Waals surface area contributed by atoms with Crippen molar-refractivity contribution in [1.29, 1.82) is 0 Å². The van der Waals surface area contributed by atoms with Crippen molar-refractivity contribution in [3.63, 3.8) is 0 Å². The lowest BCUT2D eigenvalue weighted by Crippen LogP contribution is -2.55. The molecule has 1 saturated heterocycles. The van der Waals surface area contributed by atoms with E-state index < -0.39 is 38.1 Å². The van der Waals surface area contributed by atoms with E-state index >= 15 is 0 Å². The van der Waals surface area contributed by atoms with Gasteiger partial charge in [0.25, 0.3) is 0 Å². The fraction of sp³-hybridized carbons (Fsp3) is 0.462. The Morgan fingerprint density at radius 3 is 2.35 bits per heavy atom. The summed E-state index contributed by atoms with van der Waals surface area (Å²) < 4.78 is 61.4. The normalized spacial score (nSPS) is 20.8. The van der Waals surface area contributed by atoms with Crippen LogP contribution in [0, 0.1) is 6.92 Å². The molecule has 37 heavy (non-hydrogen) atoms. The maximum Gasteiger partial charge on any atom is 0.243 e. The van der Waals surface area contributed by atoms with E-state index in [0.29, 0.717) is 37.4 Å². The molecule has 3 aromatic rings. The third-order valence-corrected chi connectivity index (χ3v) is 11.7. The zero-order valence-corrected chi connectivity index (χ0v) is 22.9. The second-order valence-corrected chi connectivity index (χ2v) is 14.1. The second-order valence-electron chi connectivity index (χ2n) is 9.97. The van der Waals surface area contributed by atoms with E-state index in [1.807, 2.05) is 25.1 Å². The van der Waals surface area contributed by atoms with Gasteiger partial charge in [-0.1, -0.05) is 17.7 Å². The summed E-state index contributed by atoms with van der Waals surface area (Å²) in [6.45, 7) is 3.90. The molecule has 0 amide bonds. The van der Waals surface area contributed by atoms with Crippen LogP contribution in [0.1, 0.15) is 42.6 Å². The van der Waals surface area contributed by atoms with Crippen LogP contribution in [0.5, 0.6) is 5.75 Å². The van der Waals surface area contributed by atoms with Gasteiger partial charge in [0.05, 0.1) is 30.4 Å². The SMILES string of the molecule is CCS(=O)(=O)N1CCC2(CC1)CN(S(=O)(=O)c1ccc(C)cc1)[C@@H](CO)c1[nH]c3cc(OC)ccc3c12. The van der Waals surface area contributed by atoms with E-state index in [4.69, 9.17) is 4.74 Å². The molecule has 1 spiro atoms. The van der Waals surface area contributed by atoms with Crippen molar-refractivity contribution in [2.45, 2.75) is 43.0 Å². The van der Waals surface area contributed by atoms with Gasteiger partial charge in [0.1, 0.15) is 5.75 Å². The first-order valence-electron chi connectivity index (χ1n) is 12.4. The number of sulfonamides is 2. The molecule has 3 heterocycles. The average molecular weight is 548 g/mol. The van der Waals surface area contributed by atoms with Crippen molar-refractivity contribution >= 4 is 30.9 Å². The third kappa shape index (κ3) is 4.26. The molecule has 2 aromatic carbocycles. The van der Waals surface area contributed by atoms with Crippen molar-refractivity contribution in [1.82, 2.24) is 13.6 Å². The highest BCUT2D eigenvalue weighted by Gasteiger charge is 2.51. The van der Waals surface area contributed by atoms with Gasteiger partial charge in [-0.2, -0.15) is 4.31 Å². The molecule has 0 radical (unpaired) electrons. The van der Waals surface area contributed by atoms with Crippen molar-refractivity contribution in [2.75, 3.05) is 39.1 Å². The number of piperidine rings is 1. The lowest BCUT2D eigenvalue weighted by atomic mass is 9.69. The number of aromatic nitrogens is 1. The maximum atomic E-state index is 14.0. The third-order valence-electron chi connectivity index (χ3n) is 7.94. The number of aliphatic hydroxyl groups excluding tert-OH is 1. The summed E-state index contributed by atoms with van der Waals surface area (Å²) in [5.74, 6) is 0.687. The molecule has 0 bridgehead atoms. The van der Waals surface area contributed by atoms with Crippen molar-refractivity contribution in [3.05, 3.63) is 59.3 Å². The summed E-state index contributed by atoms with van der Waals surface area (Å²) in [6, 6.07) is 11.6. The molecule has 2 aliphatic heterocycles. The van der Waals surface area contributed by atoms with Crippen LogP contribution in [-0.2, 0) is 25.5 Å². The van der Waals surface area contributed by atoms with Gasteiger partial charge in [-0.05, 0) is 56.5 Å². The number of hydrogen-bond donors (Lipinski definition) is 2. The minimum atomic E-state index is -3.96. The number of nitrogens with one attached hydrogen (secondary N) is 1. The van der Waals surface area contributed by atoms with Crippen LogP contribution in [0.4, 0.5) is 0 Å². The number of aromatic amines is 1. The highest BCUT2D eigenvalue weighted by atomic mass is 32.2. The first kappa shape index (κ1) is 26.2. The molecule has 1 atom stereocenters. The van der Waals surface area contributed by atoms with E-state index in [1.165, 1.54) is 8.61 Å². The average Bonchev–Trinajstić information content (AvgIpc) is 3.28. The lowest BCUT2D eigenvalue weighted by molar-refractivity contribution is 0.117. The number of H-pyrrole nitrogens is 1. The first-order valence-corrected chi connectivity index (χ1v) is 15.5. The monoisotopic (exact) mass is 547 g/mol. The summed E-state index contributed by atoms with van der Waals surface area (Å²) in [5.41, 5.74) is 2.74. The van der Waals surface area contributed by atoms with Crippen LogP contribution in [-0.4, -0.2) is 74.6 Å². The second kappa shape index (κ2) is 9.39. The van der Waals surface area contributed by atoms with Crippen molar-refractivity contribution in [2.24, 2.45) is 0 Å². The molecule has 2 aliphatic rings. The molecule has 0 saturated carbocycles. The molecule has 2 N–H and O–H groups in total. The number of benzene rings is 2. The molecule has 1 fully saturated rings. The fourth-order valence-corrected chi connectivity index (χ4v) is 8.62. The number of fused-ring (bicyclic) bond motifs is 4. The fourth-order valence-electron chi connectivity index (χ4n) is 5.84. The quantitative estimate of drug-likeness (QED) is 0.490. The highest BCUT2D eigenvalue weighted by Crippen LogP contribution is 2.50. The van der Waals surface area contributed by atoms with Gasteiger partial charge in [-0.15, -0.1) is 0 Å². The summed E-state index contributed by atoms with van der Waals surface area (Å²) in [7, 11) is -5.73. The number of aryl methyl sites for hydroxylation is 1. The predicted molar refractivity (Wildman–Crippen MR) is 142 cm³/mol. The Balaban J connectivity index is 1.68. The van der Waals surface area contributed by atoms with Crippen molar-refractivity contribution < 1.29 is 26.7 Å². The van der Waals surface area contributed by atoms with Crippen LogP contribution < -0.4 is 4.74 Å². The topological polar surface area (TPSA) is 120 Å². The molecule has 0 aliphatic carbocycles. The largest absolute Gasteiger partial charge is 0.497 e. The van der Waals surface area contributed by atoms with Crippen LogP contribution in [0.3, 0.4) is 0 Å². The van der Waals surface area contributed by atoms with Crippen LogP contribution in [0.15, 0.2) is 47.4 Å². The standard InChI is InChI=1S/C26H33N3O6S2/c1-4-36(31,32)28-13-11-26(12-14-28)17-29(37(33,34)20-8-5-18(2)6-9-20)23(16-30)25-24(26)21-10-7-19(35-3)15-22(21)27-25/h5-10,15,23,27,30H,4,11-14,16-17H2,1-3H3/t23-/m0/s1. The molecule has 1 aromatic heterocycles. The number of rotatable bonds is 6. The minimum absolute atomic E-state index is 0.0264. The molecular weight excluding hydrogens is 514 g/mol. The van der Waals surface area contributed by atoms with Gasteiger partial charge in [-0.3, -0.25) is 0 Å².